The van der Waals surface area contributed by atoms with Crippen molar-refractivity contribution in [3.05, 3.63) is 23.2 Å². The lowest BCUT2D eigenvalue weighted by Gasteiger charge is -2.23. The van der Waals surface area contributed by atoms with Crippen LogP contribution >= 0.6 is 23.4 Å². The van der Waals surface area contributed by atoms with Gasteiger partial charge in [-0.1, -0.05) is 23.4 Å². The Morgan fingerprint density at radius 2 is 2.22 bits per heavy atom. The fourth-order valence-electron chi connectivity index (χ4n) is 1.98. The molecule has 0 amide bonds. The van der Waals surface area contributed by atoms with Crippen molar-refractivity contribution in [2.45, 2.75) is 23.6 Å². The van der Waals surface area contributed by atoms with Gasteiger partial charge in [0.1, 0.15) is 0 Å². The summed E-state index contributed by atoms with van der Waals surface area (Å²) in [6.45, 7) is 2.65. The Bertz CT molecular complexity index is 547. The lowest BCUT2D eigenvalue weighted by molar-refractivity contribution is 0.481. The van der Waals surface area contributed by atoms with Crippen molar-refractivity contribution in [2.24, 2.45) is 0 Å². The number of nitrogens with zero attached hydrogens (tertiary/aromatic N) is 1. The minimum Gasteiger partial charge on any atom is -0.358 e. The predicted octanol–water partition coefficient (Wildman–Crippen LogP) is 2.88. The van der Waals surface area contributed by atoms with E-state index in [1.165, 1.54) is 0 Å². The number of benzene rings is 1. The molecule has 1 aromatic rings. The van der Waals surface area contributed by atoms with Gasteiger partial charge in [0, 0.05) is 16.5 Å². The van der Waals surface area contributed by atoms with Crippen molar-refractivity contribution in [1.29, 1.82) is 0 Å². The minimum atomic E-state index is -3.88. The summed E-state index contributed by atoms with van der Waals surface area (Å²) in [6, 6.07) is 5.71. The summed E-state index contributed by atoms with van der Waals surface area (Å²) in [5.41, 5.74) is 1.04. The Labute approximate surface area is 116 Å². The number of hydrogen-bond acceptors (Lipinski definition) is 4. The van der Waals surface area contributed by atoms with Crippen LogP contribution in [0.25, 0.3) is 0 Å². The van der Waals surface area contributed by atoms with Gasteiger partial charge in [-0.15, -0.1) is 0 Å². The van der Waals surface area contributed by atoms with E-state index in [2.05, 4.69) is 11.8 Å². The van der Waals surface area contributed by atoms with Crippen molar-refractivity contribution in [3.8, 4) is 0 Å². The molecule has 0 bridgehead atoms. The van der Waals surface area contributed by atoms with Gasteiger partial charge in [-0.25, -0.2) is 0 Å². The highest BCUT2D eigenvalue weighted by Crippen LogP contribution is 2.44. The maximum Gasteiger partial charge on any atom is 0.264 e. The number of fused-ring (bicyclic) bond motifs is 1. The molecule has 18 heavy (non-hydrogen) atoms. The zero-order valence-electron chi connectivity index (χ0n) is 9.84. The third kappa shape index (κ3) is 3.32. The number of thioether (sulfide) groups is 1. The Morgan fingerprint density at radius 3 is 2.89 bits per heavy atom. The Balaban J connectivity index is 2.08. The van der Waals surface area contributed by atoms with Crippen LogP contribution in [0, 0.1) is 0 Å². The van der Waals surface area contributed by atoms with Crippen LogP contribution in [0.5, 0.6) is 0 Å². The molecule has 1 N–H and O–H groups in total. The summed E-state index contributed by atoms with van der Waals surface area (Å²) in [5, 5.41) is 0.920. The van der Waals surface area contributed by atoms with Crippen molar-refractivity contribution in [1.82, 2.24) is 0 Å². The molecule has 0 spiro atoms. The first-order chi connectivity index (χ1) is 8.37. The number of rotatable bonds is 4. The summed E-state index contributed by atoms with van der Waals surface area (Å²) < 4.78 is 30.1. The maximum absolute atomic E-state index is 10.7. The van der Waals surface area contributed by atoms with Crippen LogP contribution in [0.15, 0.2) is 23.1 Å². The molecule has 1 aliphatic heterocycles. The first-order valence-electron chi connectivity index (χ1n) is 5.55. The van der Waals surface area contributed by atoms with Crippen LogP contribution in [0.4, 0.5) is 5.69 Å². The number of anilines is 1. The molecule has 0 aromatic heterocycles. The maximum atomic E-state index is 10.7. The lowest BCUT2D eigenvalue weighted by atomic mass is 10.2. The molecule has 1 aromatic carbocycles. The average Bonchev–Trinajstić information content (AvgIpc) is 2.54. The standard InChI is InChI=1S/C11H14ClNO3S2/c1-8-13(5-2-6-18(14,15)16)10-7-9(12)3-4-11(10)17-8/h3-4,7-8H,2,5-6H2,1H3,(H,14,15,16). The number of hydrogen-bond donors (Lipinski definition) is 1. The molecular formula is C11H14ClNO3S2. The Hall–Kier alpha value is -0.430. The SMILES string of the molecule is CC1Sc2ccc(Cl)cc2N1CCCS(=O)(=O)O. The van der Waals surface area contributed by atoms with E-state index in [0.29, 0.717) is 18.0 Å². The minimum absolute atomic E-state index is 0.212. The normalized spacial score (nSPS) is 19.1. The summed E-state index contributed by atoms with van der Waals surface area (Å²) in [7, 11) is -3.88. The van der Waals surface area contributed by atoms with E-state index in [9.17, 15) is 8.42 Å². The van der Waals surface area contributed by atoms with Crippen LogP contribution in [0.2, 0.25) is 5.02 Å². The summed E-state index contributed by atoms with van der Waals surface area (Å²) in [5.74, 6) is -0.212. The van der Waals surface area contributed by atoms with Crippen LogP contribution in [-0.4, -0.2) is 30.6 Å². The second-order valence-electron chi connectivity index (χ2n) is 4.16. The van der Waals surface area contributed by atoms with Crippen LogP contribution in [0.3, 0.4) is 0 Å². The average molecular weight is 308 g/mol. The van der Waals surface area contributed by atoms with Gasteiger partial charge in [-0.05, 0) is 31.5 Å². The van der Waals surface area contributed by atoms with Crippen molar-refractivity contribution in [3.63, 3.8) is 0 Å². The van der Waals surface area contributed by atoms with E-state index in [0.717, 1.165) is 10.6 Å². The molecule has 0 saturated carbocycles. The molecule has 4 nitrogen and oxygen atoms in total. The van der Waals surface area contributed by atoms with Gasteiger partial charge in [0.2, 0.25) is 0 Å². The smallest absolute Gasteiger partial charge is 0.264 e. The molecule has 1 heterocycles. The zero-order chi connectivity index (χ0) is 13.3. The van der Waals surface area contributed by atoms with Crippen molar-refractivity contribution >= 4 is 39.2 Å². The van der Waals surface area contributed by atoms with E-state index in [4.69, 9.17) is 16.2 Å². The number of halogens is 1. The third-order valence-electron chi connectivity index (χ3n) is 2.77. The van der Waals surface area contributed by atoms with Gasteiger partial charge < -0.3 is 4.90 Å². The predicted molar refractivity (Wildman–Crippen MR) is 75.1 cm³/mol. The fourth-order valence-corrected chi connectivity index (χ4v) is 3.79. The third-order valence-corrected chi connectivity index (χ3v) is 5.00. The molecule has 7 heteroatoms. The van der Waals surface area contributed by atoms with Crippen LogP contribution < -0.4 is 4.90 Å². The largest absolute Gasteiger partial charge is 0.358 e. The van der Waals surface area contributed by atoms with Gasteiger partial charge in [0.05, 0.1) is 16.8 Å². The second kappa shape index (κ2) is 5.28. The molecule has 1 aliphatic rings. The molecule has 0 aliphatic carbocycles. The Morgan fingerprint density at radius 1 is 1.50 bits per heavy atom. The molecular weight excluding hydrogens is 294 g/mol. The molecule has 1 unspecified atom stereocenters. The Kier molecular flexibility index (Phi) is 4.11. The summed E-state index contributed by atoms with van der Waals surface area (Å²) in [4.78, 5) is 3.26. The van der Waals surface area contributed by atoms with E-state index in [1.54, 1.807) is 11.8 Å². The highest BCUT2D eigenvalue weighted by Gasteiger charge is 2.26. The van der Waals surface area contributed by atoms with Crippen LogP contribution in [-0.2, 0) is 10.1 Å². The van der Waals surface area contributed by atoms with Gasteiger partial charge in [0.25, 0.3) is 10.1 Å². The molecule has 0 radical (unpaired) electrons. The van der Waals surface area contributed by atoms with Crippen molar-refractivity contribution in [2.75, 3.05) is 17.2 Å². The molecule has 100 valence electrons. The summed E-state index contributed by atoms with van der Waals surface area (Å²) >= 11 is 7.69. The molecule has 2 rings (SSSR count). The van der Waals surface area contributed by atoms with Gasteiger partial charge in [-0.2, -0.15) is 8.42 Å². The van der Waals surface area contributed by atoms with E-state index < -0.39 is 10.1 Å². The quantitative estimate of drug-likeness (QED) is 0.867. The van der Waals surface area contributed by atoms with Gasteiger partial charge in [0.15, 0.2) is 0 Å². The highest BCUT2D eigenvalue weighted by atomic mass is 35.5. The first-order valence-corrected chi connectivity index (χ1v) is 8.41. The fraction of sp³-hybridized carbons (Fsp3) is 0.455. The topological polar surface area (TPSA) is 57.6 Å². The second-order valence-corrected chi connectivity index (χ2v) is 7.53. The monoisotopic (exact) mass is 307 g/mol. The van der Waals surface area contributed by atoms with Crippen molar-refractivity contribution < 1.29 is 13.0 Å². The molecule has 0 fully saturated rings. The van der Waals surface area contributed by atoms with Crippen LogP contribution in [0.1, 0.15) is 13.3 Å². The highest BCUT2D eigenvalue weighted by molar-refractivity contribution is 8.00. The van der Waals surface area contributed by atoms with Gasteiger partial charge in [-0.3, -0.25) is 4.55 Å². The van der Waals surface area contributed by atoms with E-state index in [1.807, 2.05) is 18.2 Å². The van der Waals surface area contributed by atoms with E-state index >= 15 is 0 Å². The van der Waals surface area contributed by atoms with Gasteiger partial charge >= 0.3 is 0 Å². The molecule has 1 atom stereocenters. The lowest BCUT2D eigenvalue weighted by Crippen LogP contribution is -2.29. The first kappa shape index (κ1) is 14.0. The zero-order valence-corrected chi connectivity index (χ0v) is 12.2. The summed E-state index contributed by atoms with van der Waals surface area (Å²) in [6.07, 6.45) is 0.398. The molecule has 0 saturated heterocycles. The van der Waals surface area contributed by atoms with E-state index in [-0.39, 0.29) is 11.1 Å².